The van der Waals surface area contributed by atoms with Crippen molar-refractivity contribution in [1.82, 2.24) is 0 Å². The van der Waals surface area contributed by atoms with Gasteiger partial charge in [0.05, 0.1) is 18.3 Å². The first kappa shape index (κ1) is 24.9. The first-order valence-corrected chi connectivity index (χ1v) is 12.8. The molecule has 0 aliphatic heterocycles. The topological polar surface area (TPSA) is 124 Å². The highest BCUT2D eigenvalue weighted by Crippen LogP contribution is 2.68. The predicted molar refractivity (Wildman–Crippen MR) is 121 cm³/mol. The predicted octanol–water partition coefficient (Wildman–Crippen LogP) is 2.99. The van der Waals surface area contributed by atoms with Gasteiger partial charge >= 0.3 is 11.9 Å². The van der Waals surface area contributed by atoms with Crippen molar-refractivity contribution >= 4 is 11.9 Å². The summed E-state index contributed by atoms with van der Waals surface area (Å²) in [5.74, 6) is -0.489. The van der Waals surface area contributed by atoms with Gasteiger partial charge < -0.3 is 25.2 Å². The van der Waals surface area contributed by atoms with Crippen molar-refractivity contribution in [3.8, 4) is 0 Å². The molecule has 4 rings (SSSR count). The Balaban J connectivity index is 1.69. The van der Waals surface area contributed by atoms with Gasteiger partial charge in [-0.2, -0.15) is 0 Å². The van der Waals surface area contributed by atoms with Gasteiger partial charge in [0, 0.05) is 19.3 Å². The van der Waals surface area contributed by atoms with Gasteiger partial charge in [0.15, 0.2) is 0 Å². The maximum atomic E-state index is 12.1. The Kier molecular flexibility index (Phi) is 6.64. The Hall–Kier alpha value is -1.18. The van der Waals surface area contributed by atoms with Crippen LogP contribution in [-0.4, -0.2) is 56.8 Å². The van der Waals surface area contributed by atoms with Crippen molar-refractivity contribution in [2.75, 3.05) is 0 Å². The SMILES string of the molecule is CC(=O)O[C@@H]1C[C@@H]2C[C@H](O)C[C@@H](O)[C@]2(C)C2C[C@H](O)[C@]3(C)[C@@H]([C@H](C)CCC(=O)O)CC[C@H]3C21. The molecule has 7 nitrogen and oxygen atoms in total. The minimum Gasteiger partial charge on any atom is -0.481 e. The van der Waals surface area contributed by atoms with Crippen molar-refractivity contribution in [3.63, 3.8) is 0 Å². The van der Waals surface area contributed by atoms with Crippen LogP contribution < -0.4 is 0 Å². The Labute approximate surface area is 196 Å². The summed E-state index contributed by atoms with van der Waals surface area (Å²) in [6.45, 7) is 7.82. The highest BCUT2D eigenvalue weighted by atomic mass is 16.5. The lowest BCUT2D eigenvalue weighted by molar-refractivity contribution is -0.239. The van der Waals surface area contributed by atoms with Crippen LogP contribution in [0.25, 0.3) is 0 Å². The van der Waals surface area contributed by atoms with Crippen LogP contribution >= 0.6 is 0 Å². The fraction of sp³-hybridized carbons (Fsp3) is 0.923. The van der Waals surface area contributed by atoms with E-state index in [-0.39, 0.29) is 59.4 Å². The summed E-state index contributed by atoms with van der Waals surface area (Å²) in [5.41, 5.74) is -0.810. The number of aliphatic hydroxyl groups is 3. The van der Waals surface area contributed by atoms with E-state index in [1.807, 2.05) is 0 Å². The molecule has 12 atom stereocenters. The number of rotatable bonds is 5. The molecular weight excluding hydrogens is 424 g/mol. The minimum absolute atomic E-state index is 0.00394. The number of aliphatic hydroxyl groups excluding tert-OH is 3. The van der Waals surface area contributed by atoms with Crippen molar-refractivity contribution in [1.29, 1.82) is 0 Å². The number of esters is 1. The molecule has 4 fully saturated rings. The summed E-state index contributed by atoms with van der Waals surface area (Å²) >= 11 is 0. The molecule has 4 aliphatic carbocycles. The lowest BCUT2D eigenvalue weighted by atomic mass is 9.42. The third kappa shape index (κ3) is 3.92. The van der Waals surface area contributed by atoms with Gasteiger partial charge in [-0.25, -0.2) is 0 Å². The van der Waals surface area contributed by atoms with E-state index >= 15 is 0 Å². The van der Waals surface area contributed by atoms with Crippen LogP contribution in [0, 0.1) is 46.3 Å². The van der Waals surface area contributed by atoms with Gasteiger partial charge in [0.25, 0.3) is 0 Å². The summed E-state index contributed by atoms with van der Waals surface area (Å²) < 4.78 is 5.93. The standard InChI is InChI=1S/C26H42O7/c1-13(5-8-23(31)32)17-6-7-18-24-19(12-22(30)26(17,18)4)25(3)15(9-16(28)11-21(25)29)10-20(24)33-14(2)27/h13,15-22,24,28-30H,5-12H2,1-4H3,(H,31,32)/t13-,15+,16+,17-,18+,19?,20-,21-,22+,24?,25+,26-/m1/s1. The zero-order valence-electron chi connectivity index (χ0n) is 20.4. The van der Waals surface area contributed by atoms with Gasteiger partial charge in [-0.15, -0.1) is 0 Å². The molecule has 0 radical (unpaired) electrons. The zero-order chi connectivity index (χ0) is 24.3. The van der Waals surface area contributed by atoms with E-state index in [0.717, 1.165) is 12.8 Å². The van der Waals surface area contributed by atoms with Gasteiger partial charge in [0.2, 0.25) is 0 Å². The number of fused-ring (bicyclic) bond motifs is 5. The minimum atomic E-state index is -0.791. The van der Waals surface area contributed by atoms with Crippen LogP contribution in [0.15, 0.2) is 0 Å². The molecule has 0 aromatic rings. The first-order valence-electron chi connectivity index (χ1n) is 12.8. The molecule has 2 unspecified atom stereocenters. The quantitative estimate of drug-likeness (QED) is 0.459. The van der Waals surface area contributed by atoms with Gasteiger partial charge in [0.1, 0.15) is 6.10 Å². The van der Waals surface area contributed by atoms with E-state index in [4.69, 9.17) is 9.84 Å². The zero-order valence-corrected chi connectivity index (χ0v) is 20.4. The number of hydrogen-bond acceptors (Lipinski definition) is 6. The van der Waals surface area contributed by atoms with E-state index in [1.165, 1.54) is 6.92 Å². The normalized spacial score (nSPS) is 50.0. The van der Waals surface area contributed by atoms with Crippen LogP contribution in [0.4, 0.5) is 0 Å². The van der Waals surface area contributed by atoms with Gasteiger partial charge in [-0.1, -0.05) is 20.8 Å². The van der Waals surface area contributed by atoms with Crippen LogP contribution in [0.3, 0.4) is 0 Å². The third-order valence-corrected chi connectivity index (χ3v) is 10.7. The lowest BCUT2D eigenvalue weighted by Crippen LogP contribution is -2.65. The second kappa shape index (κ2) is 8.80. The molecule has 188 valence electrons. The second-order valence-electron chi connectivity index (χ2n) is 12.1. The van der Waals surface area contributed by atoms with Crippen LogP contribution in [0.2, 0.25) is 0 Å². The summed E-state index contributed by atoms with van der Waals surface area (Å²) in [7, 11) is 0. The Morgan fingerprint density at radius 2 is 1.64 bits per heavy atom. The van der Waals surface area contributed by atoms with E-state index in [1.54, 1.807) is 0 Å². The van der Waals surface area contributed by atoms with Gasteiger partial charge in [-0.05, 0) is 85.4 Å². The second-order valence-corrected chi connectivity index (χ2v) is 12.1. The molecule has 0 aromatic heterocycles. The average Bonchev–Trinajstić information content (AvgIpc) is 3.07. The van der Waals surface area contributed by atoms with E-state index < -0.39 is 29.7 Å². The number of carboxylic acids is 1. The molecule has 0 bridgehead atoms. The summed E-state index contributed by atoms with van der Waals surface area (Å²) in [6.07, 6.45) is 2.61. The Morgan fingerprint density at radius 3 is 2.27 bits per heavy atom. The number of ether oxygens (including phenoxy) is 1. The van der Waals surface area contributed by atoms with Crippen molar-refractivity contribution in [2.45, 2.75) is 103 Å². The van der Waals surface area contributed by atoms with E-state index in [9.17, 15) is 24.9 Å². The molecule has 0 spiro atoms. The molecule has 7 heteroatoms. The average molecular weight is 467 g/mol. The Bertz CT molecular complexity index is 770. The van der Waals surface area contributed by atoms with Crippen molar-refractivity contribution in [2.24, 2.45) is 46.3 Å². The smallest absolute Gasteiger partial charge is 0.303 e. The summed E-state index contributed by atoms with van der Waals surface area (Å²) in [5, 5.41) is 42.4. The van der Waals surface area contributed by atoms with Crippen LogP contribution in [-0.2, 0) is 14.3 Å². The van der Waals surface area contributed by atoms with Gasteiger partial charge in [-0.3, -0.25) is 9.59 Å². The van der Waals surface area contributed by atoms with Crippen molar-refractivity contribution < 1.29 is 34.8 Å². The number of carboxylic acid groups (broad SMARTS) is 1. The van der Waals surface area contributed by atoms with Crippen molar-refractivity contribution in [3.05, 3.63) is 0 Å². The number of carbonyl (C=O) groups is 2. The molecule has 0 saturated heterocycles. The number of carbonyl (C=O) groups excluding carboxylic acids is 1. The number of hydrogen-bond donors (Lipinski definition) is 4. The molecule has 0 heterocycles. The lowest BCUT2D eigenvalue weighted by Gasteiger charge is -2.64. The summed E-state index contributed by atoms with van der Waals surface area (Å²) in [4.78, 5) is 23.2. The van der Waals surface area contributed by atoms with E-state index in [0.29, 0.717) is 32.1 Å². The first-order chi connectivity index (χ1) is 15.4. The molecule has 33 heavy (non-hydrogen) atoms. The molecular formula is C26H42O7. The highest BCUT2D eigenvalue weighted by molar-refractivity contribution is 5.66. The molecule has 4 N–H and O–H groups in total. The van der Waals surface area contributed by atoms with E-state index in [2.05, 4.69) is 20.8 Å². The largest absolute Gasteiger partial charge is 0.481 e. The highest BCUT2D eigenvalue weighted by Gasteiger charge is 2.68. The molecule has 4 saturated carbocycles. The number of aliphatic carboxylic acids is 1. The third-order valence-electron chi connectivity index (χ3n) is 10.7. The van der Waals surface area contributed by atoms with Crippen LogP contribution in [0.1, 0.15) is 79.1 Å². The summed E-state index contributed by atoms with van der Waals surface area (Å²) in [6, 6.07) is 0. The fourth-order valence-corrected chi connectivity index (χ4v) is 9.07. The maximum Gasteiger partial charge on any atom is 0.303 e. The maximum absolute atomic E-state index is 12.1. The Morgan fingerprint density at radius 1 is 0.970 bits per heavy atom. The molecule has 4 aliphatic rings. The van der Waals surface area contributed by atoms with Crippen LogP contribution in [0.5, 0.6) is 0 Å². The molecule has 0 amide bonds. The monoisotopic (exact) mass is 466 g/mol. The molecule has 0 aromatic carbocycles. The fourth-order valence-electron chi connectivity index (χ4n) is 9.07.